The first-order valence-corrected chi connectivity index (χ1v) is 14.5. The van der Waals surface area contributed by atoms with Gasteiger partial charge in [-0.25, -0.2) is 19.2 Å². The molecule has 6 rings (SSSR count). The maximum Gasteiger partial charge on any atom is 0.343 e. The highest BCUT2D eigenvalue weighted by atomic mass is 16.6. The lowest BCUT2D eigenvalue weighted by Gasteiger charge is -2.44. The topological polar surface area (TPSA) is 164 Å². The van der Waals surface area contributed by atoms with E-state index in [4.69, 9.17) is 28.4 Å². The number of aliphatic hydroxyl groups excluding tert-OH is 2. The largest absolute Gasteiger partial charge is 0.490 e. The molecule has 1 fully saturated rings. The highest BCUT2D eigenvalue weighted by Gasteiger charge is 2.53. The number of carbonyl (C=O) groups excluding carboxylic acids is 4. The molecule has 2 N–H and O–H groups in total. The van der Waals surface area contributed by atoms with Crippen molar-refractivity contribution in [1.29, 1.82) is 0 Å². The lowest BCUT2D eigenvalue weighted by atomic mass is 9.86. The van der Waals surface area contributed by atoms with Crippen LogP contribution in [0, 0.1) is 0 Å². The van der Waals surface area contributed by atoms with Crippen molar-refractivity contribution in [1.82, 2.24) is 0 Å². The Morgan fingerprint density at radius 1 is 0.723 bits per heavy atom. The Morgan fingerprint density at radius 3 is 1.81 bits per heavy atom. The summed E-state index contributed by atoms with van der Waals surface area (Å²) in [4.78, 5) is 52.4. The minimum atomic E-state index is -1.70. The Kier molecular flexibility index (Phi) is 8.98. The van der Waals surface area contributed by atoms with E-state index in [-0.39, 0.29) is 45.1 Å². The highest BCUT2D eigenvalue weighted by molar-refractivity contribution is 5.98. The summed E-state index contributed by atoms with van der Waals surface area (Å²) in [6.45, 7) is -0.485. The van der Waals surface area contributed by atoms with Gasteiger partial charge in [0.1, 0.15) is 31.0 Å². The number of benzene rings is 4. The normalized spacial score (nSPS) is 21.3. The summed E-state index contributed by atoms with van der Waals surface area (Å²) >= 11 is 0. The molecule has 0 aromatic heterocycles. The van der Waals surface area contributed by atoms with E-state index in [1.807, 2.05) is 0 Å². The lowest BCUT2D eigenvalue weighted by molar-refractivity contribution is -0.235. The molecular weight excluding hydrogens is 612 g/mol. The second-order valence-corrected chi connectivity index (χ2v) is 10.6. The predicted octanol–water partition coefficient (Wildman–Crippen LogP) is 3.69. The van der Waals surface area contributed by atoms with Gasteiger partial charge in [-0.05, 0) is 42.5 Å². The van der Waals surface area contributed by atoms with Crippen LogP contribution in [0.5, 0.6) is 17.2 Å². The van der Waals surface area contributed by atoms with Gasteiger partial charge in [0.2, 0.25) is 5.75 Å². The van der Waals surface area contributed by atoms with Gasteiger partial charge in [-0.1, -0.05) is 54.6 Å². The minimum Gasteiger partial charge on any atom is -0.490 e. The Morgan fingerprint density at radius 2 is 1.26 bits per heavy atom. The third-order valence-electron chi connectivity index (χ3n) is 7.68. The Labute approximate surface area is 268 Å². The number of fused-ring (bicyclic) bond motifs is 3. The molecule has 5 atom stereocenters. The zero-order valence-electron chi connectivity index (χ0n) is 24.8. The third-order valence-corrected chi connectivity index (χ3v) is 7.68. The van der Waals surface area contributed by atoms with Gasteiger partial charge in [0.05, 0.1) is 29.4 Å². The first-order chi connectivity index (χ1) is 22.8. The Balaban J connectivity index is 1.41. The van der Waals surface area contributed by atoms with Crippen LogP contribution in [0.15, 0.2) is 97.1 Å². The fraction of sp³-hybridized carbons (Fsp3) is 0.200. The summed E-state index contributed by atoms with van der Waals surface area (Å²) in [5, 5.41) is 22.0. The average molecular weight is 641 g/mol. The van der Waals surface area contributed by atoms with Crippen molar-refractivity contribution in [3.8, 4) is 17.2 Å². The monoisotopic (exact) mass is 640 g/mol. The van der Waals surface area contributed by atoms with Crippen molar-refractivity contribution in [2.24, 2.45) is 0 Å². The number of esters is 4. The molecule has 0 spiro atoms. The van der Waals surface area contributed by atoms with Crippen LogP contribution in [0.1, 0.15) is 53.1 Å². The van der Waals surface area contributed by atoms with Crippen LogP contribution in [0.25, 0.3) is 0 Å². The van der Waals surface area contributed by atoms with Gasteiger partial charge in [0.25, 0.3) is 0 Å². The summed E-state index contributed by atoms with van der Waals surface area (Å²) < 4.78 is 34.0. The molecule has 12 heteroatoms. The maximum atomic E-state index is 13.4. The molecule has 0 aliphatic carbocycles. The van der Waals surface area contributed by atoms with Gasteiger partial charge in [0, 0.05) is 5.56 Å². The predicted molar refractivity (Wildman–Crippen MR) is 161 cm³/mol. The Hall–Kier alpha value is -5.56. The highest BCUT2D eigenvalue weighted by Crippen LogP contribution is 2.51. The molecule has 240 valence electrons. The number of hydrogen-bond donors (Lipinski definition) is 2. The molecule has 2 heterocycles. The summed E-state index contributed by atoms with van der Waals surface area (Å²) in [6.07, 6.45) is -7.47. The lowest BCUT2D eigenvalue weighted by Crippen LogP contribution is -2.58. The van der Waals surface area contributed by atoms with Crippen molar-refractivity contribution in [2.45, 2.75) is 30.5 Å². The van der Waals surface area contributed by atoms with E-state index in [9.17, 15) is 29.4 Å². The van der Waals surface area contributed by atoms with Gasteiger partial charge in [0.15, 0.2) is 17.6 Å². The van der Waals surface area contributed by atoms with Gasteiger partial charge < -0.3 is 38.6 Å². The van der Waals surface area contributed by atoms with Crippen LogP contribution in [0.4, 0.5) is 0 Å². The van der Waals surface area contributed by atoms with Crippen LogP contribution < -0.4 is 14.2 Å². The molecule has 2 aliphatic rings. The number of aliphatic hydroxyl groups is 2. The minimum absolute atomic E-state index is 0.0720. The van der Waals surface area contributed by atoms with Crippen molar-refractivity contribution >= 4 is 23.9 Å². The van der Waals surface area contributed by atoms with E-state index < -0.39 is 61.0 Å². The second-order valence-electron chi connectivity index (χ2n) is 10.6. The fourth-order valence-corrected chi connectivity index (χ4v) is 5.36. The van der Waals surface area contributed by atoms with Crippen LogP contribution in [-0.4, -0.2) is 72.2 Å². The summed E-state index contributed by atoms with van der Waals surface area (Å²) in [6, 6.07) is 25.3. The van der Waals surface area contributed by atoms with Crippen molar-refractivity contribution in [3.05, 3.63) is 125 Å². The number of carbonyl (C=O) groups is 4. The molecule has 0 unspecified atom stereocenters. The molecule has 1 saturated heterocycles. The fourth-order valence-electron chi connectivity index (χ4n) is 5.36. The van der Waals surface area contributed by atoms with Crippen molar-refractivity contribution in [2.75, 3.05) is 13.7 Å². The van der Waals surface area contributed by atoms with Crippen molar-refractivity contribution in [3.63, 3.8) is 0 Å². The molecule has 0 saturated carbocycles. The van der Waals surface area contributed by atoms with Gasteiger partial charge in [-0.3, -0.25) is 0 Å². The van der Waals surface area contributed by atoms with Gasteiger partial charge >= 0.3 is 23.9 Å². The molecule has 47 heavy (non-hydrogen) atoms. The summed E-state index contributed by atoms with van der Waals surface area (Å²) in [5.41, 5.74) is 0.305. The van der Waals surface area contributed by atoms with E-state index >= 15 is 0 Å². The van der Waals surface area contributed by atoms with E-state index in [0.29, 0.717) is 0 Å². The Bertz CT molecular complexity index is 1790. The molecule has 12 nitrogen and oxygen atoms in total. The van der Waals surface area contributed by atoms with Crippen LogP contribution >= 0.6 is 0 Å². The quantitative estimate of drug-likeness (QED) is 0.212. The third kappa shape index (κ3) is 6.29. The molecule has 0 amide bonds. The van der Waals surface area contributed by atoms with Gasteiger partial charge in [-0.15, -0.1) is 0 Å². The molecule has 2 aliphatic heterocycles. The molecule has 0 bridgehead atoms. The second kappa shape index (κ2) is 13.4. The van der Waals surface area contributed by atoms with Crippen molar-refractivity contribution < 1.29 is 57.8 Å². The maximum absolute atomic E-state index is 13.4. The zero-order valence-corrected chi connectivity index (χ0v) is 24.8. The number of methoxy groups -OCH3 is 1. The average Bonchev–Trinajstić information content (AvgIpc) is 3.10. The van der Waals surface area contributed by atoms with E-state index in [1.165, 1.54) is 37.4 Å². The first-order valence-electron chi connectivity index (χ1n) is 14.5. The van der Waals surface area contributed by atoms with E-state index in [2.05, 4.69) is 0 Å². The molecule has 4 aromatic rings. The standard InChI is InChI=1S/C35H28O12/c1-42-28-23(45-33(39)20-13-7-3-8-14-20)17-22-25(29(28)46-34(40)21-15-9-4-10-16-21)30-31(47-35(22)41)27(37)26(36)24(44-30)18-43-32(38)19-11-5-2-6-12-19/h2-17,24,26-27,30-31,36-37H,18H2,1H3/t24-,26-,27+,30+,31-/m1/s1. The van der Waals surface area contributed by atoms with E-state index in [0.717, 1.165) is 0 Å². The number of ether oxygens (including phenoxy) is 6. The molecular formula is C35H28O12. The zero-order chi connectivity index (χ0) is 33.1. The van der Waals surface area contributed by atoms with E-state index in [1.54, 1.807) is 66.7 Å². The number of rotatable bonds is 8. The number of hydrogen-bond acceptors (Lipinski definition) is 12. The smallest absolute Gasteiger partial charge is 0.343 e. The summed E-state index contributed by atoms with van der Waals surface area (Å²) in [5.74, 6) is -4.17. The van der Waals surface area contributed by atoms with Crippen LogP contribution in [0.3, 0.4) is 0 Å². The van der Waals surface area contributed by atoms with Crippen LogP contribution in [-0.2, 0) is 14.2 Å². The van der Waals surface area contributed by atoms with Crippen LogP contribution in [0.2, 0.25) is 0 Å². The molecule has 4 aromatic carbocycles. The SMILES string of the molecule is COc1c(OC(=O)c2ccccc2)cc2c(c1OC(=O)c1ccccc1)[C@@H]1O[C@H](COC(=O)c3ccccc3)[C@@H](O)[C@H](O)[C@H]1OC2=O. The molecule has 0 radical (unpaired) electrons. The van der Waals surface area contributed by atoms with Gasteiger partial charge in [-0.2, -0.15) is 0 Å². The first kappa shape index (κ1) is 31.4. The summed E-state index contributed by atoms with van der Waals surface area (Å²) in [7, 11) is 1.24.